The summed E-state index contributed by atoms with van der Waals surface area (Å²) in [4.78, 5) is 21.8. The number of nitrogens with zero attached hydrogens (tertiary/aromatic N) is 3. The monoisotopic (exact) mass is 379 g/mol. The molecule has 0 saturated carbocycles. The molecule has 4 nitrogen and oxygen atoms in total. The van der Waals surface area contributed by atoms with E-state index in [0.29, 0.717) is 6.42 Å². The standard InChI is InChI=1S/C22H25N3OS/c1-15-4-6-18(17(3)12-15)14-21(26)24-8-10-25(11-9-24)22-23-19-7-5-16(2)13-20(19)27-22/h4-7,12-13H,8-11,14H2,1-3H3. The number of rotatable bonds is 3. The van der Waals surface area contributed by atoms with E-state index in [2.05, 4.69) is 62.1 Å². The van der Waals surface area contributed by atoms with E-state index in [4.69, 9.17) is 4.98 Å². The van der Waals surface area contributed by atoms with Crippen molar-refractivity contribution < 1.29 is 4.79 Å². The van der Waals surface area contributed by atoms with Crippen LogP contribution in [0.1, 0.15) is 22.3 Å². The molecule has 2 heterocycles. The third-order valence-electron chi connectivity index (χ3n) is 5.28. The van der Waals surface area contributed by atoms with Gasteiger partial charge in [0, 0.05) is 26.2 Å². The van der Waals surface area contributed by atoms with Crippen molar-refractivity contribution in [3.05, 3.63) is 58.7 Å². The molecule has 0 spiro atoms. The number of amides is 1. The van der Waals surface area contributed by atoms with E-state index in [9.17, 15) is 4.79 Å². The topological polar surface area (TPSA) is 36.4 Å². The zero-order valence-corrected chi connectivity index (χ0v) is 17.0. The Morgan fingerprint density at radius 3 is 2.44 bits per heavy atom. The Balaban J connectivity index is 1.39. The molecule has 0 bridgehead atoms. The van der Waals surface area contributed by atoms with Crippen LogP contribution in [0.25, 0.3) is 10.2 Å². The number of aryl methyl sites for hydroxylation is 3. The molecule has 27 heavy (non-hydrogen) atoms. The highest BCUT2D eigenvalue weighted by molar-refractivity contribution is 7.22. The van der Waals surface area contributed by atoms with Crippen LogP contribution in [0.4, 0.5) is 5.13 Å². The molecule has 0 unspecified atom stereocenters. The number of fused-ring (bicyclic) bond motifs is 1. The first-order chi connectivity index (χ1) is 13.0. The lowest BCUT2D eigenvalue weighted by atomic mass is 10.0. The summed E-state index contributed by atoms with van der Waals surface area (Å²) in [6.45, 7) is 9.49. The summed E-state index contributed by atoms with van der Waals surface area (Å²) >= 11 is 1.74. The van der Waals surface area contributed by atoms with Gasteiger partial charge in [0.1, 0.15) is 0 Å². The third-order valence-corrected chi connectivity index (χ3v) is 6.35. The molecular formula is C22H25N3OS. The average molecular weight is 380 g/mol. The molecule has 2 aromatic carbocycles. The average Bonchev–Trinajstić information content (AvgIpc) is 3.07. The SMILES string of the molecule is Cc1ccc(CC(=O)N2CCN(c3nc4ccc(C)cc4s3)CC2)c(C)c1. The highest BCUT2D eigenvalue weighted by atomic mass is 32.1. The van der Waals surface area contributed by atoms with E-state index in [1.165, 1.54) is 21.4 Å². The third kappa shape index (κ3) is 3.83. The maximum absolute atomic E-state index is 12.7. The predicted molar refractivity (Wildman–Crippen MR) is 113 cm³/mol. The van der Waals surface area contributed by atoms with Crippen LogP contribution in [0.5, 0.6) is 0 Å². The molecule has 1 aromatic heterocycles. The summed E-state index contributed by atoms with van der Waals surface area (Å²) in [7, 11) is 0. The van der Waals surface area contributed by atoms with Crippen molar-refractivity contribution in [2.24, 2.45) is 0 Å². The van der Waals surface area contributed by atoms with E-state index in [-0.39, 0.29) is 5.91 Å². The second-order valence-electron chi connectivity index (χ2n) is 7.44. The van der Waals surface area contributed by atoms with Crippen LogP contribution in [0, 0.1) is 20.8 Å². The minimum Gasteiger partial charge on any atom is -0.345 e. The van der Waals surface area contributed by atoms with Crippen LogP contribution < -0.4 is 4.90 Å². The van der Waals surface area contributed by atoms with Gasteiger partial charge in [-0.3, -0.25) is 4.79 Å². The fourth-order valence-electron chi connectivity index (χ4n) is 3.62. The minimum atomic E-state index is 0.224. The fourth-order valence-corrected chi connectivity index (χ4v) is 4.74. The van der Waals surface area contributed by atoms with Gasteiger partial charge in [-0.15, -0.1) is 0 Å². The number of hydrogen-bond acceptors (Lipinski definition) is 4. The van der Waals surface area contributed by atoms with Crippen molar-refractivity contribution in [1.29, 1.82) is 0 Å². The highest BCUT2D eigenvalue weighted by Gasteiger charge is 2.23. The number of aromatic nitrogens is 1. The van der Waals surface area contributed by atoms with Gasteiger partial charge in [-0.1, -0.05) is 41.2 Å². The quantitative estimate of drug-likeness (QED) is 0.687. The Bertz CT molecular complexity index is 986. The zero-order chi connectivity index (χ0) is 19.0. The summed E-state index contributed by atoms with van der Waals surface area (Å²) < 4.78 is 1.23. The largest absolute Gasteiger partial charge is 0.345 e. The van der Waals surface area contributed by atoms with Crippen LogP contribution >= 0.6 is 11.3 Å². The first kappa shape index (κ1) is 18.0. The van der Waals surface area contributed by atoms with Crippen molar-refractivity contribution in [3.8, 4) is 0 Å². The summed E-state index contributed by atoms with van der Waals surface area (Å²) in [6, 6.07) is 12.7. The van der Waals surface area contributed by atoms with E-state index >= 15 is 0 Å². The normalized spacial score (nSPS) is 14.8. The molecule has 1 saturated heterocycles. The highest BCUT2D eigenvalue weighted by Crippen LogP contribution is 2.30. The summed E-state index contributed by atoms with van der Waals surface area (Å²) in [5.74, 6) is 0.224. The van der Waals surface area contributed by atoms with Crippen molar-refractivity contribution in [2.75, 3.05) is 31.1 Å². The van der Waals surface area contributed by atoms with Gasteiger partial charge in [0.15, 0.2) is 5.13 Å². The lowest BCUT2D eigenvalue weighted by molar-refractivity contribution is -0.130. The van der Waals surface area contributed by atoms with E-state index in [0.717, 1.165) is 42.4 Å². The second-order valence-corrected chi connectivity index (χ2v) is 8.45. The smallest absolute Gasteiger partial charge is 0.227 e. The maximum Gasteiger partial charge on any atom is 0.227 e. The number of benzene rings is 2. The minimum absolute atomic E-state index is 0.224. The number of thiazole rings is 1. The lowest BCUT2D eigenvalue weighted by Crippen LogP contribution is -2.49. The Labute approximate surface area is 164 Å². The Hall–Kier alpha value is -2.40. The van der Waals surface area contributed by atoms with Crippen LogP contribution in [0.3, 0.4) is 0 Å². The van der Waals surface area contributed by atoms with E-state index < -0.39 is 0 Å². The van der Waals surface area contributed by atoms with Crippen molar-refractivity contribution in [2.45, 2.75) is 27.2 Å². The molecule has 1 aliphatic rings. The summed E-state index contributed by atoms with van der Waals surface area (Å²) in [6.07, 6.45) is 0.493. The maximum atomic E-state index is 12.7. The molecule has 140 valence electrons. The number of anilines is 1. The molecule has 3 aromatic rings. The molecule has 1 aliphatic heterocycles. The molecule has 1 fully saturated rings. The van der Waals surface area contributed by atoms with Gasteiger partial charge in [0.25, 0.3) is 0 Å². The molecule has 0 aliphatic carbocycles. The van der Waals surface area contributed by atoms with E-state index in [1.54, 1.807) is 11.3 Å². The Morgan fingerprint density at radius 2 is 1.70 bits per heavy atom. The van der Waals surface area contributed by atoms with E-state index in [1.807, 2.05) is 4.90 Å². The zero-order valence-electron chi connectivity index (χ0n) is 16.2. The van der Waals surface area contributed by atoms with Crippen LogP contribution in [0.2, 0.25) is 0 Å². The van der Waals surface area contributed by atoms with Gasteiger partial charge in [0.2, 0.25) is 5.91 Å². The number of carbonyl (C=O) groups excluding carboxylic acids is 1. The van der Waals surface area contributed by atoms with Gasteiger partial charge < -0.3 is 9.80 Å². The predicted octanol–water partition coefficient (Wildman–Crippen LogP) is 4.11. The Morgan fingerprint density at radius 1 is 1.00 bits per heavy atom. The second kappa shape index (κ2) is 7.31. The Kier molecular flexibility index (Phi) is 4.87. The van der Waals surface area contributed by atoms with Gasteiger partial charge in [-0.05, 0) is 49.6 Å². The van der Waals surface area contributed by atoms with Crippen LogP contribution in [-0.4, -0.2) is 42.0 Å². The molecule has 4 rings (SSSR count). The summed E-state index contributed by atoms with van der Waals surface area (Å²) in [5.41, 5.74) is 5.90. The van der Waals surface area contributed by atoms with Crippen LogP contribution in [0.15, 0.2) is 36.4 Å². The van der Waals surface area contributed by atoms with Crippen LogP contribution in [-0.2, 0) is 11.2 Å². The van der Waals surface area contributed by atoms with Gasteiger partial charge in [-0.25, -0.2) is 4.98 Å². The van der Waals surface area contributed by atoms with Crippen molar-refractivity contribution >= 4 is 32.6 Å². The molecule has 1 amide bonds. The lowest BCUT2D eigenvalue weighted by Gasteiger charge is -2.34. The van der Waals surface area contributed by atoms with Gasteiger partial charge in [0.05, 0.1) is 16.6 Å². The van der Waals surface area contributed by atoms with Gasteiger partial charge in [-0.2, -0.15) is 0 Å². The molecular weight excluding hydrogens is 354 g/mol. The molecule has 0 radical (unpaired) electrons. The fraction of sp³-hybridized carbons (Fsp3) is 0.364. The molecule has 0 atom stereocenters. The first-order valence-electron chi connectivity index (χ1n) is 9.45. The van der Waals surface area contributed by atoms with Gasteiger partial charge >= 0.3 is 0 Å². The number of hydrogen-bond donors (Lipinski definition) is 0. The molecule has 0 N–H and O–H groups in total. The first-order valence-corrected chi connectivity index (χ1v) is 10.3. The van der Waals surface area contributed by atoms with Crippen molar-refractivity contribution in [3.63, 3.8) is 0 Å². The number of carbonyl (C=O) groups is 1. The van der Waals surface area contributed by atoms with Crippen molar-refractivity contribution in [1.82, 2.24) is 9.88 Å². The number of piperazine rings is 1. The molecule has 5 heteroatoms. The summed E-state index contributed by atoms with van der Waals surface area (Å²) in [5, 5.41) is 1.07.